The Kier molecular flexibility index (Phi) is 4.74. The Morgan fingerprint density at radius 3 is 3.00 bits per heavy atom. The first-order valence-corrected chi connectivity index (χ1v) is 8.14. The minimum atomic E-state index is -0.166. The monoisotopic (exact) mass is 303 g/mol. The summed E-state index contributed by atoms with van der Waals surface area (Å²) in [5.74, 6) is 0.333. The molecule has 1 spiro atoms. The SMILES string of the molecule is COCCN1CCC[C@]2(CCN(Cc3ccccn3)C2)C1=O. The number of nitrogens with zero attached hydrogens (tertiary/aromatic N) is 3. The lowest BCUT2D eigenvalue weighted by atomic mass is 9.78. The summed E-state index contributed by atoms with van der Waals surface area (Å²) in [5.41, 5.74) is 0.917. The van der Waals surface area contributed by atoms with E-state index in [0.717, 1.165) is 57.7 Å². The lowest BCUT2D eigenvalue weighted by Crippen LogP contribution is -2.50. The number of carbonyl (C=O) groups is 1. The molecule has 0 aliphatic carbocycles. The highest BCUT2D eigenvalue weighted by atomic mass is 16.5. The standard InChI is InChI=1S/C17H25N3O2/c1-22-12-11-20-9-4-6-17(16(20)21)7-10-19(14-17)13-15-5-2-3-8-18-15/h2-3,5,8H,4,6-7,9-14H2,1H3/t17-/m1/s1. The number of rotatable bonds is 5. The van der Waals surface area contributed by atoms with E-state index >= 15 is 0 Å². The number of carbonyl (C=O) groups excluding carboxylic acids is 1. The van der Waals surface area contributed by atoms with Gasteiger partial charge in [0.25, 0.3) is 0 Å². The summed E-state index contributed by atoms with van der Waals surface area (Å²) in [6, 6.07) is 6.01. The molecular weight excluding hydrogens is 278 g/mol. The van der Waals surface area contributed by atoms with Gasteiger partial charge in [-0.25, -0.2) is 0 Å². The largest absolute Gasteiger partial charge is 0.383 e. The van der Waals surface area contributed by atoms with Crippen molar-refractivity contribution in [3.8, 4) is 0 Å². The number of hydrogen-bond acceptors (Lipinski definition) is 4. The van der Waals surface area contributed by atoms with Crippen molar-refractivity contribution in [2.24, 2.45) is 5.41 Å². The van der Waals surface area contributed by atoms with Gasteiger partial charge in [-0.15, -0.1) is 0 Å². The van der Waals surface area contributed by atoms with Gasteiger partial charge in [0.1, 0.15) is 0 Å². The van der Waals surface area contributed by atoms with Crippen molar-refractivity contribution in [3.63, 3.8) is 0 Å². The van der Waals surface area contributed by atoms with E-state index in [1.807, 2.05) is 23.2 Å². The summed E-state index contributed by atoms with van der Waals surface area (Å²) < 4.78 is 5.13. The third kappa shape index (κ3) is 3.15. The summed E-state index contributed by atoms with van der Waals surface area (Å²) in [6.45, 7) is 4.92. The van der Waals surface area contributed by atoms with Crippen LogP contribution in [-0.2, 0) is 16.1 Å². The van der Waals surface area contributed by atoms with Crippen LogP contribution in [0.15, 0.2) is 24.4 Å². The molecule has 2 aliphatic heterocycles. The highest BCUT2D eigenvalue weighted by molar-refractivity contribution is 5.84. The third-order valence-electron chi connectivity index (χ3n) is 4.93. The molecule has 2 saturated heterocycles. The van der Waals surface area contributed by atoms with Crippen molar-refractivity contribution in [1.29, 1.82) is 0 Å². The van der Waals surface area contributed by atoms with E-state index < -0.39 is 0 Å². The Morgan fingerprint density at radius 2 is 2.23 bits per heavy atom. The molecule has 5 nitrogen and oxygen atoms in total. The molecule has 1 amide bonds. The summed E-state index contributed by atoms with van der Waals surface area (Å²) in [5, 5.41) is 0. The fourth-order valence-corrected chi connectivity index (χ4v) is 3.76. The Hall–Kier alpha value is -1.46. The second kappa shape index (κ2) is 6.75. The lowest BCUT2D eigenvalue weighted by molar-refractivity contribution is -0.146. The van der Waals surface area contributed by atoms with Gasteiger partial charge in [-0.2, -0.15) is 0 Å². The number of amides is 1. The molecule has 0 radical (unpaired) electrons. The van der Waals surface area contributed by atoms with Crippen molar-refractivity contribution >= 4 is 5.91 Å². The van der Waals surface area contributed by atoms with E-state index in [1.54, 1.807) is 7.11 Å². The normalized spacial score (nSPS) is 26.0. The van der Waals surface area contributed by atoms with E-state index in [0.29, 0.717) is 12.5 Å². The maximum absolute atomic E-state index is 12.9. The van der Waals surface area contributed by atoms with Crippen LogP contribution in [0.5, 0.6) is 0 Å². The first-order valence-electron chi connectivity index (χ1n) is 8.14. The van der Waals surface area contributed by atoms with Gasteiger partial charge in [0.15, 0.2) is 0 Å². The maximum Gasteiger partial charge on any atom is 0.230 e. The summed E-state index contributed by atoms with van der Waals surface area (Å²) >= 11 is 0. The van der Waals surface area contributed by atoms with Crippen LogP contribution in [-0.4, -0.2) is 60.6 Å². The zero-order valence-electron chi connectivity index (χ0n) is 13.3. The Balaban J connectivity index is 1.63. The van der Waals surface area contributed by atoms with Gasteiger partial charge >= 0.3 is 0 Å². The molecule has 0 unspecified atom stereocenters. The molecule has 2 aliphatic rings. The average Bonchev–Trinajstić information content (AvgIpc) is 2.94. The quantitative estimate of drug-likeness (QED) is 0.828. The van der Waals surface area contributed by atoms with Gasteiger partial charge in [0, 0.05) is 39.5 Å². The number of methoxy groups -OCH3 is 1. The van der Waals surface area contributed by atoms with Crippen LogP contribution in [0, 0.1) is 5.41 Å². The fraction of sp³-hybridized carbons (Fsp3) is 0.647. The first-order chi connectivity index (χ1) is 10.7. The smallest absolute Gasteiger partial charge is 0.230 e. The average molecular weight is 303 g/mol. The number of ether oxygens (including phenoxy) is 1. The van der Waals surface area contributed by atoms with Crippen LogP contribution in [0.2, 0.25) is 0 Å². The molecule has 1 aromatic rings. The molecule has 0 aromatic carbocycles. The Morgan fingerprint density at radius 1 is 1.32 bits per heavy atom. The topological polar surface area (TPSA) is 45.7 Å². The third-order valence-corrected chi connectivity index (χ3v) is 4.93. The number of hydrogen-bond donors (Lipinski definition) is 0. The molecule has 1 atom stereocenters. The van der Waals surface area contributed by atoms with Gasteiger partial charge in [-0.05, 0) is 37.9 Å². The fourth-order valence-electron chi connectivity index (χ4n) is 3.76. The number of pyridine rings is 1. The number of aromatic nitrogens is 1. The predicted molar refractivity (Wildman–Crippen MR) is 84.3 cm³/mol. The molecule has 120 valence electrons. The second-order valence-corrected chi connectivity index (χ2v) is 6.45. The van der Waals surface area contributed by atoms with E-state index in [2.05, 4.69) is 16.0 Å². The van der Waals surface area contributed by atoms with Crippen molar-refractivity contribution in [2.75, 3.05) is 39.9 Å². The van der Waals surface area contributed by atoms with E-state index in [-0.39, 0.29) is 5.41 Å². The predicted octanol–water partition coefficient (Wildman–Crippen LogP) is 1.54. The van der Waals surface area contributed by atoms with E-state index in [9.17, 15) is 4.79 Å². The number of piperidine rings is 1. The van der Waals surface area contributed by atoms with Crippen molar-refractivity contribution < 1.29 is 9.53 Å². The highest BCUT2D eigenvalue weighted by Gasteiger charge is 2.48. The Labute approximate surface area is 132 Å². The molecule has 5 heteroatoms. The molecule has 2 fully saturated rings. The molecule has 3 rings (SSSR count). The van der Waals surface area contributed by atoms with Crippen LogP contribution < -0.4 is 0 Å². The van der Waals surface area contributed by atoms with Gasteiger partial charge in [-0.3, -0.25) is 14.7 Å². The number of likely N-dealkylation sites (tertiary alicyclic amines) is 2. The second-order valence-electron chi connectivity index (χ2n) is 6.45. The van der Waals surface area contributed by atoms with Gasteiger partial charge in [-0.1, -0.05) is 6.07 Å². The van der Waals surface area contributed by atoms with Gasteiger partial charge in [0.2, 0.25) is 5.91 Å². The van der Waals surface area contributed by atoms with Crippen LogP contribution in [0.25, 0.3) is 0 Å². The first kappa shape index (κ1) is 15.4. The molecule has 0 bridgehead atoms. The van der Waals surface area contributed by atoms with Crippen LogP contribution in [0.4, 0.5) is 0 Å². The molecule has 3 heterocycles. The van der Waals surface area contributed by atoms with Crippen LogP contribution in [0.1, 0.15) is 25.0 Å². The van der Waals surface area contributed by atoms with E-state index in [1.165, 1.54) is 0 Å². The van der Waals surface area contributed by atoms with Crippen molar-refractivity contribution in [3.05, 3.63) is 30.1 Å². The van der Waals surface area contributed by atoms with Gasteiger partial charge in [0.05, 0.1) is 17.7 Å². The maximum atomic E-state index is 12.9. The molecule has 0 N–H and O–H groups in total. The van der Waals surface area contributed by atoms with Crippen LogP contribution >= 0.6 is 0 Å². The minimum Gasteiger partial charge on any atom is -0.383 e. The molecular formula is C17H25N3O2. The zero-order valence-corrected chi connectivity index (χ0v) is 13.3. The molecule has 22 heavy (non-hydrogen) atoms. The zero-order chi connectivity index (χ0) is 15.4. The summed E-state index contributed by atoms with van der Waals surface area (Å²) in [4.78, 5) is 21.7. The van der Waals surface area contributed by atoms with Crippen LogP contribution in [0.3, 0.4) is 0 Å². The summed E-state index contributed by atoms with van der Waals surface area (Å²) in [6.07, 6.45) is 4.93. The Bertz CT molecular complexity index is 508. The van der Waals surface area contributed by atoms with Crippen molar-refractivity contribution in [1.82, 2.24) is 14.8 Å². The molecule has 0 saturated carbocycles. The van der Waals surface area contributed by atoms with Gasteiger partial charge < -0.3 is 9.64 Å². The lowest BCUT2D eigenvalue weighted by Gasteiger charge is -2.39. The molecule has 1 aromatic heterocycles. The summed E-state index contributed by atoms with van der Waals surface area (Å²) in [7, 11) is 1.69. The van der Waals surface area contributed by atoms with E-state index in [4.69, 9.17) is 4.74 Å². The minimum absolute atomic E-state index is 0.166. The highest BCUT2D eigenvalue weighted by Crippen LogP contribution is 2.40. The van der Waals surface area contributed by atoms with Crippen molar-refractivity contribution in [2.45, 2.75) is 25.8 Å².